The molecule has 0 aromatic heterocycles. The lowest BCUT2D eigenvalue weighted by Gasteiger charge is -2.38. The van der Waals surface area contributed by atoms with Crippen molar-refractivity contribution in [1.82, 2.24) is 15.1 Å². The van der Waals surface area contributed by atoms with Crippen LogP contribution in [0.4, 0.5) is 10.5 Å². The average Bonchev–Trinajstić information content (AvgIpc) is 3.47. The van der Waals surface area contributed by atoms with E-state index in [0.29, 0.717) is 50.3 Å². The maximum absolute atomic E-state index is 13.2. The monoisotopic (exact) mass is 558 g/mol. The minimum absolute atomic E-state index is 0.185. The number of nitrogens with two attached hydrogens (primary N) is 1. The second kappa shape index (κ2) is 13.5. The molecule has 210 valence electrons. The summed E-state index contributed by atoms with van der Waals surface area (Å²) < 4.78 is 16.4. The summed E-state index contributed by atoms with van der Waals surface area (Å²) in [4.78, 5) is 42.3. The summed E-state index contributed by atoms with van der Waals surface area (Å²) in [6.45, 7) is 3.40. The number of hydrogen-bond donors (Lipinski definition) is 2. The number of para-hydroxylation sites is 1. The van der Waals surface area contributed by atoms with Gasteiger partial charge in [0.25, 0.3) is 5.91 Å². The fourth-order valence-corrected chi connectivity index (χ4v) is 5.10. The first-order chi connectivity index (χ1) is 18.8. The molecule has 2 atom stereocenters. The van der Waals surface area contributed by atoms with Gasteiger partial charge in [-0.15, -0.1) is 0 Å². The first-order valence-electron chi connectivity index (χ1n) is 13.2. The van der Waals surface area contributed by atoms with Crippen LogP contribution in [0.2, 0.25) is 5.02 Å². The lowest BCUT2D eigenvalue weighted by Crippen LogP contribution is -2.56. The van der Waals surface area contributed by atoms with E-state index in [-0.39, 0.29) is 22.2 Å². The van der Waals surface area contributed by atoms with Crippen LogP contribution in [0.25, 0.3) is 0 Å². The van der Waals surface area contributed by atoms with Crippen LogP contribution < -0.4 is 20.5 Å². The number of rotatable bonds is 9. The Morgan fingerprint density at radius 1 is 1.10 bits per heavy atom. The summed E-state index contributed by atoms with van der Waals surface area (Å²) in [6, 6.07) is 11.1. The fraction of sp³-hybridized carbons (Fsp3) is 0.464. The van der Waals surface area contributed by atoms with Crippen molar-refractivity contribution in [2.45, 2.75) is 44.2 Å². The SMILES string of the molecule is COc1cc(N)c(Cl)cc1C(=O)N[C@@H]1CCN(CCCC(=O)N2CCCC2)C[C@@H]1OC(=O)Oc1ccccc1. The Labute approximate surface area is 233 Å². The molecule has 0 saturated carbocycles. The summed E-state index contributed by atoms with van der Waals surface area (Å²) >= 11 is 6.16. The van der Waals surface area contributed by atoms with E-state index in [9.17, 15) is 14.4 Å². The van der Waals surface area contributed by atoms with Gasteiger partial charge >= 0.3 is 6.16 Å². The highest BCUT2D eigenvalue weighted by atomic mass is 35.5. The Hall–Kier alpha value is -3.50. The topological polar surface area (TPSA) is 123 Å². The standard InChI is InChI=1S/C28H35ClN4O6/c1-37-24-17-22(30)21(29)16-20(24)27(35)31-23-11-15-32(12-7-10-26(34)33-13-5-6-14-33)18-25(23)39-28(36)38-19-8-3-2-4-9-19/h2-4,8-9,16-17,23,25H,5-7,10-15,18,30H2,1H3,(H,31,35)/t23-,25+/m1/s1. The molecular formula is C28H35ClN4O6. The zero-order valence-corrected chi connectivity index (χ0v) is 22.8. The quantitative estimate of drug-likeness (QED) is 0.271. The van der Waals surface area contributed by atoms with Crippen LogP contribution in [-0.4, -0.2) is 79.7 Å². The first-order valence-corrected chi connectivity index (χ1v) is 13.6. The lowest BCUT2D eigenvalue weighted by atomic mass is 10.0. The molecule has 4 rings (SSSR count). The van der Waals surface area contributed by atoms with Crippen LogP contribution in [0.1, 0.15) is 42.5 Å². The smallest absolute Gasteiger partial charge is 0.496 e. The third kappa shape index (κ3) is 7.77. The zero-order chi connectivity index (χ0) is 27.8. The molecule has 2 aliphatic heterocycles. The Kier molecular flexibility index (Phi) is 9.89. The minimum atomic E-state index is -0.857. The molecule has 2 saturated heterocycles. The number of carbonyl (C=O) groups excluding carboxylic acids is 3. The van der Waals surface area contributed by atoms with Gasteiger partial charge in [0.1, 0.15) is 17.6 Å². The number of nitrogens with zero attached hydrogens (tertiary/aromatic N) is 2. The highest BCUT2D eigenvalue weighted by Crippen LogP contribution is 2.29. The van der Waals surface area contributed by atoms with Gasteiger partial charge < -0.3 is 30.2 Å². The van der Waals surface area contributed by atoms with E-state index in [4.69, 9.17) is 31.5 Å². The van der Waals surface area contributed by atoms with Crippen LogP contribution in [-0.2, 0) is 9.53 Å². The summed E-state index contributed by atoms with van der Waals surface area (Å²) in [5.41, 5.74) is 6.38. The van der Waals surface area contributed by atoms with Gasteiger partial charge in [0, 0.05) is 38.7 Å². The van der Waals surface area contributed by atoms with Gasteiger partial charge in [-0.25, -0.2) is 4.79 Å². The summed E-state index contributed by atoms with van der Waals surface area (Å²) in [6.07, 6.45) is 2.31. The fourth-order valence-electron chi connectivity index (χ4n) is 4.94. The Bertz CT molecular complexity index is 1160. The molecule has 0 aliphatic carbocycles. The number of benzene rings is 2. The molecule has 0 radical (unpaired) electrons. The van der Waals surface area contributed by atoms with Gasteiger partial charge in [0.05, 0.1) is 29.4 Å². The van der Waals surface area contributed by atoms with Crippen molar-refractivity contribution >= 4 is 35.3 Å². The Morgan fingerprint density at radius 2 is 1.85 bits per heavy atom. The number of anilines is 1. The predicted octanol–water partition coefficient (Wildman–Crippen LogP) is 3.72. The summed E-state index contributed by atoms with van der Waals surface area (Å²) in [5, 5.41) is 3.20. The van der Waals surface area contributed by atoms with Gasteiger partial charge in [-0.05, 0) is 50.4 Å². The third-order valence-electron chi connectivity index (χ3n) is 7.04. The second-order valence-corrected chi connectivity index (χ2v) is 10.2. The Morgan fingerprint density at radius 3 is 2.56 bits per heavy atom. The van der Waals surface area contributed by atoms with E-state index in [1.165, 1.54) is 19.2 Å². The van der Waals surface area contributed by atoms with E-state index in [0.717, 1.165) is 25.9 Å². The number of likely N-dealkylation sites (tertiary alicyclic amines) is 2. The normalized spacial score (nSPS) is 19.4. The average molecular weight is 559 g/mol. The van der Waals surface area contributed by atoms with Gasteiger partial charge in [-0.3, -0.25) is 14.5 Å². The molecule has 2 fully saturated rings. The maximum atomic E-state index is 13.2. The van der Waals surface area contributed by atoms with Crippen LogP contribution in [0, 0.1) is 0 Å². The third-order valence-corrected chi connectivity index (χ3v) is 7.37. The van der Waals surface area contributed by atoms with Crippen molar-refractivity contribution in [3.8, 4) is 11.5 Å². The van der Waals surface area contributed by atoms with Crippen molar-refractivity contribution in [3.63, 3.8) is 0 Å². The number of piperidine rings is 1. The molecule has 2 amide bonds. The number of nitrogen functional groups attached to an aromatic ring is 1. The van der Waals surface area contributed by atoms with Crippen LogP contribution in [0.5, 0.6) is 11.5 Å². The molecule has 39 heavy (non-hydrogen) atoms. The number of amides is 2. The van der Waals surface area contributed by atoms with E-state index in [1.54, 1.807) is 24.3 Å². The van der Waals surface area contributed by atoms with Crippen molar-refractivity contribution in [2.24, 2.45) is 0 Å². The van der Waals surface area contributed by atoms with E-state index in [1.807, 2.05) is 11.0 Å². The molecule has 0 bridgehead atoms. The van der Waals surface area contributed by atoms with E-state index in [2.05, 4.69) is 10.2 Å². The molecule has 2 heterocycles. The number of ether oxygens (including phenoxy) is 3. The number of nitrogens with one attached hydrogen (secondary N) is 1. The molecular weight excluding hydrogens is 524 g/mol. The van der Waals surface area contributed by atoms with Gasteiger partial charge in [-0.1, -0.05) is 29.8 Å². The maximum Gasteiger partial charge on any atom is 0.514 e. The molecule has 2 aliphatic rings. The van der Waals surface area contributed by atoms with Crippen molar-refractivity contribution in [2.75, 3.05) is 45.6 Å². The van der Waals surface area contributed by atoms with Gasteiger partial charge in [-0.2, -0.15) is 0 Å². The van der Waals surface area contributed by atoms with Crippen LogP contribution in [0.3, 0.4) is 0 Å². The van der Waals surface area contributed by atoms with E-state index < -0.39 is 24.2 Å². The molecule has 2 aromatic carbocycles. The summed E-state index contributed by atoms with van der Waals surface area (Å²) in [5.74, 6) is 0.409. The number of halogens is 1. The first kappa shape index (κ1) is 28.5. The minimum Gasteiger partial charge on any atom is -0.496 e. The largest absolute Gasteiger partial charge is 0.514 e. The van der Waals surface area contributed by atoms with Crippen molar-refractivity contribution in [3.05, 3.63) is 53.1 Å². The number of methoxy groups -OCH3 is 1. The number of carbonyl (C=O) groups is 3. The predicted molar refractivity (Wildman–Crippen MR) is 147 cm³/mol. The van der Waals surface area contributed by atoms with Gasteiger partial charge in [0.2, 0.25) is 5.91 Å². The van der Waals surface area contributed by atoms with Gasteiger partial charge in [0.15, 0.2) is 0 Å². The molecule has 10 nitrogen and oxygen atoms in total. The molecule has 11 heteroatoms. The Balaban J connectivity index is 1.40. The van der Waals surface area contributed by atoms with Crippen molar-refractivity contribution in [1.29, 1.82) is 0 Å². The van der Waals surface area contributed by atoms with Crippen LogP contribution >= 0.6 is 11.6 Å². The van der Waals surface area contributed by atoms with E-state index >= 15 is 0 Å². The highest BCUT2D eigenvalue weighted by molar-refractivity contribution is 6.33. The number of hydrogen-bond acceptors (Lipinski definition) is 8. The molecule has 2 aromatic rings. The molecule has 3 N–H and O–H groups in total. The molecule has 0 unspecified atom stereocenters. The zero-order valence-electron chi connectivity index (χ0n) is 22.1. The lowest BCUT2D eigenvalue weighted by molar-refractivity contribution is -0.130. The summed E-state index contributed by atoms with van der Waals surface area (Å²) in [7, 11) is 1.44. The van der Waals surface area contributed by atoms with Crippen LogP contribution in [0.15, 0.2) is 42.5 Å². The van der Waals surface area contributed by atoms with Crippen molar-refractivity contribution < 1.29 is 28.6 Å². The second-order valence-electron chi connectivity index (χ2n) is 9.76. The molecule has 0 spiro atoms. The highest BCUT2D eigenvalue weighted by Gasteiger charge is 2.34.